The van der Waals surface area contributed by atoms with Gasteiger partial charge in [-0.05, 0) is 35.4 Å². The first kappa shape index (κ1) is 14.6. The average molecular weight is 364 g/mol. The SMILES string of the molecule is COc1cc(C(Br)c2ccc(Cl)c(Cl)c2)ccc1F. The lowest BCUT2D eigenvalue weighted by atomic mass is 10.0. The number of hydrogen-bond acceptors (Lipinski definition) is 1. The summed E-state index contributed by atoms with van der Waals surface area (Å²) in [4.78, 5) is -0.114. The number of benzene rings is 2. The second kappa shape index (κ2) is 6.12. The topological polar surface area (TPSA) is 9.23 Å². The largest absolute Gasteiger partial charge is 0.494 e. The van der Waals surface area contributed by atoms with Gasteiger partial charge in [0.2, 0.25) is 0 Å². The Morgan fingerprint density at radius 2 is 1.68 bits per heavy atom. The summed E-state index contributed by atoms with van der Waals surface area (Å²) in [5.41, 5.74) is 1.81. The molecule has 0 fully saturated rings. The molecule has 0 heterocycles. The molecule has 0 bridgehead atoms. The monoisotopic (exact) mass is 362 g/mol. The Morgan fingerprint density at radius 1 is 1.05 bits per heavy atom. The van der Waals surface area contributed by atoms with Gasteiger partial charge >= 0.3 is 0 Å². The first-order valence-electron chi connectivity index (χ1n) is 5.45. The minimum absolute atomic E-state index is 0.114. The first-order valence-corrected chi connectivity index (χ1v) is 7.12. The molecule has 0 amide bonds. The van der Waals surface area contributed by atoms with Gasteiger partial charge in [-0.15, -0.1) is 0 Å². The Balaban J connectivity index is 2.37. The van der Waals surface area contributed by atoms with Crippen LogP contribution in [0.3, 0.4) is 0 Å². The molecule has 0 N–H and O–H groups in total. The summed E-state index contributed by atoms with van der Waals surface area (Å²) in [7, 11) is 1.44. The molecule has 1 atom stereocenters. The minimum Gasteiger partial charge on any atom is -0.494 e. The van der Waals surface area contributed by atoms with E-state index in [4.69, 9.17) is 27.9 Å². The molecule has 2 rings (SSSR count). The highest BCUT2D eigenvalue weighted by Crippen LogP contribution is 2.36. The highest BCUT2D eigenvalue weighted by atomic mass is 79.9. The van der Waals surface area contributed by atoms with Gasteiger partial charge in [-0.1, -0.05) is 51.3 Å². The van der Waals surface area contributed by atoms with Crippen LogP contribution in [0.5, 0.6) is 5.75 Å². The van der Waals surface area contributed by atoms with E-state index in [9.17, 15) is 4.39 Å². The van der Waals surface area contributed by atoms with Crippen molar-refractivity contribution in [1.82, 2.24) is 0 Å². The Kier molecular flexibility index (Phi) is 4.71. The van der Waals surface area contributed by atoms with Crippen LogP contribution in [0.25, 0.3) is 0 Å². The third-order valence-corrected chi connectivity index (χ3v) is 4.50. The maximum Gasteiger partial charge on any atom is 0.165 e. The van der Waals surface area contributed by atoms with E-state index in [1.165, 1.54) is 13.2 Å². The van der Waals surface area contributed by atoms with Crippen molar-refractivity contribution in [3.05, 3.63) is 63.4 Å². The fraction of sp³-hybridized carbons (Fsp3) is 0.143. The Bertz CT molecular complexity index is 604. The highest BCUT2D eigenvalue weighted by Gasteiger charge is 2.14. The third-order valence-electron chi connectivity index (χ3n) is 2.70. The summed E-state index contributed by atoms with van der Waals surface area (Å²) in [6, 6.07) is 10.1. The van der Waals surface area contributed by atoms with E-state index in [2.05, 4.69) is 15.9 Å². The van der Waals surface area contributed by atoms with Gasteiger partial charge in [-0.2, -0.15) is 0 Å². The van der Waals surface area contributed by atoms with Gasteiger partial charge in [0.05, 0.1) is 22.0 Å². The van der Waals surface area contributed by atoms with Crippen molar-refractivity contribution >= 4 is 39.1 Å². The fourth-order valence-electron chi connectivity index (χ4n) is 1.70. The number of alkyl halides is 1. The van der Waals surface area contributed by atoms with Crippen molar-refractivity contribution in [2.24, 2.45) is 0 Å². The molecular weight excluding hydrogens is 354 g/mol. The molecule has 100 valence electrons. The third kappa shape index (κ3) is 3.22. The standard InChI is InChI=1S/C14H10BrCl2FO/c1-19-13-7-9(3-5-12(13)18)14(15)8-2-4-10(16)11(17)6-8/h2-7,14H,1H3. The van der Waals surface area contributed by atoms with Crippen LogP contribution in [0, 0.1) is 5.82 Å². The lowest BCUT2D eigenvalue weighted by molar-refractivity contribution is 0.386. The maximum absolute atomic E-state index is 13.4. The van der Waals surface area contributed by atoms with E-state index in [0.29, 0.717) is 10.0 Å². The first-order chi connectivity index (χ1) is 9.02. The summed E-state index contributed by atoms with van der Waals surface area (Å²) in [6.45, 7) is 0. The normalized spacial score (nSPS) is 12.3. The van der Waals surface area contributed by atoms with Gasteiger partial charge in [0.1, 0.15) is 0 Å². The lowest BCUT2D eigenvalue weighted by Gasteiger charge is -2.13. The van der Waals surface area contributed by atoms with Crippen molar-refractivity contribution < 1.29 is 9.13 Å². The smallest absolute Gasteiger partial charge is 0.165 e. The average Bonchev–Trinajstić information content (AvgIpc) is 2.41. The zero-order valence-corrected chi connectivity index (χ0v) is 13.1. The van der Waals surface area contributed by atoms with Crippen molar-refractivity contribution in [3.8, 4) is 5.75 Å². The van der Waals surface area contributed by atoms with Gasteiger partial charge in [0.15, 0.2) is 11.6 Å². The molecule has 0 saturated carbocycles. The van der Waals surface area contributed by atoms with E-state index < -0.39 is 0 Å². The molecule has 1 nitrogen and oxygen atoms in total. The molecule has 5 heteroatoms. The molecule has 2 aromatic carbocycles. The number of hydrogen-bond donors (Lipinski definition) is 0. The molecule has 0 radical (unpaired) electrons. The number of rotatable bonds is 3. The quantitative estimate of drug-likeness (QED) is 0.642. The second-order valence-corrected chi connectivity index (χ2v) is 5.66. The molecule has 2 aromatic rings. The van der Waals surface area contributed by atoms with Crippen LogP contribution in [0.1, 0.15) is 16.0 Å². The minimum atomic E-state index is -0.389. The van der Waals surface area contributed by atoms with Crippen LogP contribution in [0.4, 0.5) is 4.39 Å². The van der Waals surface area contributed by atoms with E-state index in [1.54, 1.807) is 24.3 Å². The fourth-order valence-corrected chi connectivity index (χ4v) is 2.57. The van der Waals surface area contributed by atoms with Crippen LogP contribution < -0.4 is 4.74 Å². The van der Waals surface area contributed by atoms with Crippen LogP contribution in [-0.2, 0) is 0 Å². The van der Waals surface area contributed by atoms with Gasteiger partial charge in [0.25, 0.3) is 0 Å². The number of methoxy groups -OCH3 is 1. The molecule has 0 aliphatic carbocycles. The van der Waals surface area contributed by atoms with Gasteiger partial charge in [-0.25, -0.2) is 4.39 Å². The van der Waals surface area contributed by atoms with Crippen molar-refractivity contribution in [2.75, 3.05) is 7.11 Å². The van der Waals surface area contributed by atoms with Gasteiger partial charge < -0.3 is 4.74 Å². The van der Waals surface area contributed by atoms with Crippen LogP contribution in [-0.4, -0.2) is 7.11 Å². The van der Waals surface area contributed by atoms with Crippen LogP contribution in [0.2, 0.25) is 10.0 Å². The molecular formula is C14H10BrCl2FO. The molecule has 0 aliphatic rings. The van der Waals surface area contributed by atoms with Gasteiger partial charge in [0, 0.05) is 0 Å². The summed E-state index contributed by atoms with van der Waals surface area (Å²) in [6.07, 6.45) is 0. The van der Waals surface area contributed by atoms with E-state index >= 15 is 0 Å². The van der Waals surface area contributed by atoms with Crippen molar-refractivity contribution in [3.63, 3.8) is 0 Å². The summed E-state index contributed by atoms with van der Waals surface area (Å²) >= 11 is 15.4. The van der Waals surface area contributed by atoms with E-state index in [-0.39, 0.29) is 16.4 Å². The zero-order valence-electron chi connectivity index (χ0n) is 9.96. The number of halogens is 4. The molecule has 0 spiro atoms. The zero-order chi connectivity index (χ0) is 14.0. The Morgan fingerprint density at radius 3 is 2.32 bits per heavy atom. The summed E-state index contributed by atoms with van der Waals surface area (Å²) < 4.78 is 18.3. The lowest BCUT2D eigenvalue weighted by Crippen LogP contribution is -1.96. The van der Waals surface area contributed by atoms with Gasteiger partial charge in [-0.3, -0.25) is 0 Å². The second-order valence-electron chi connectivity index (χ2n) is 3.93. The van der Waals surface area contributed by atoms with E-state index in [1.807, 2.05) is 6.07 Å². The molecule has 0 aromatic heterocycles. The summed E-state index contributed by atoms with van der Waals surface area (Å²) in [5, 5.41) is 0.986. The predicted octanol–water partition coefficient (Wildman–Crippen LogP) is 5.63. The van der Waals surface area contributed by atoms with Crippen LogP contribution in [0.15, 0.2) is 36.4 Å². The number of ether oxygens (including phenoxy) is 1. The Hall–Kier alpha value is -0.770. The molecule has 0 aliphatic heterocycles. The maximum atomic E-state index is 13.4. The predicted molar refractivity (Wildman–Crippen MR) is 80.2 cm³/mol. The Labute approximate surface area is 129 Å². The molecule has 19 heavy (non-hydrogen) atoms. The van der Waals surface area contributed by atoms with Crippen LogP contribution >= 0.6 is 39.1 Å². The summed E-state index contributed by atoms with van der Waals surface area (Å²) in [5.74, 6) is -0.179. The highest BCUT2D eigenvalue weighted by molar-refractivity contribution is 9.09. The van der Waals surface area contributed by atoms with Crippen molar-refractivity contribution in [2.45, 2.75) is 4.83 Å². The molecule has 1 unspecified atom stereocenters. The van der Waals surface area contributed by atoms with Crippen molar-refractivity contribution in [1.29, 1.82) is 0 Å². The van der Waals surface area contributed by atoms with E-state index in [0.717, 1.165) is 11.1 Å². The molecule has 0 saturated heterocycles.